The lowest BCUT2D eigenvalue weighted by Crippen LogP contribution is -2.41. The Hall–Kier alpha value is -3.21. The number of hydrogen-bond donors (Lipinski definition) is 1. The van der Waals surface area contributed by atoms with Crippen molar-refractivity contribution >= 4 is 5.91 Å². The molecule has 2 saturated carbocycles. The first-order chi connectivity index (χ1) is 15.2. The highest BCUT2D eigenvalue weighted by atomic mass is 16.2. The Morgan fingerprint density at radius 2 is 1.74 bits per heavy atom. The number of benzene rings is 2. The molecule has 2 heterocycles. The molecule has 1 aromatic heterocycles. The van der Waals surface area contributed by atoms with Crippen LogP contribution in [0.5, 0.6) is 0 Å². The van der Waals surface area contributed by atoms with Crippen molar-refractivity contribution in [2.24, 2.45) is 5.92 Å². The summed E-state index contributed by atoms with van der Waals surface area (Å²) in [5, 5.41) is 0. The first kappa shape index (κ1) is 18.6. The average Bonchev–Trinajstić information content (AvgIpc) is 3.74. The van der Waals surface area contributed by atoms with Crippen LogP contribution >= 0.6 is 0 Å². The van der Waals surface area contributed by atoms with Gasteiger partial charge in [0.1, 0.15) is 5.82 Å². The molecule has 0 radical (unpaired) electrons. The number of rotatable bonds is 4. The maximum absolute atomic E-state index is 13.1. The zero-order chi connectivity index (χ0) is 21.0. The van der Waals surface area contributed by atoms with Gasteiger partial charge in [-0.25, -0.2) is 4.98 Å². The minimum Gasteiger partial charge on any atom is -0.337 e. The number of amides is 1. The molecule has 0 bridgehead atoms. The summed E-state index contributed by atoms with van der Waals surface area (Å²) >= 11 is 0. The summed E-state index contributed by atoms with van der Waals surface area (Å²) in [4.78, 5) is 35.9. The van der Waals surface area contributed by atoms with Gasteiger partial charge in [0.25, 0.3) is 5.56 Å². The average molecular weight is 412 g/mol. The molecule has 0 unspecified atom stereocenters. The van der Waals surface area contributed by atoms with Crippen LogP contribution in [0.15, 0.2) is 65.5 Å². The first-order valence-corrected chi connectivity index (χ1v) is 11.2. The topological polar surface area (TPSA) is 66.1 Å². The van der Waals surface area contributed by atoms with E-state index in [-0.39, 0.29) is 22.8 Å². The van der Waals surface area contributed by atoms with Crippen molar-refractivity contribution in [3.8, 4) is 0 Å². The predicted molar refractivity (Wildman–Crippen MR) is 118 cm³/mol. The van der Waals surface area contributed by atoms with E-state index >= 15 is 0 Å². The number of aromatic amines is 1. The third-order valence-corrected chi connectivity index (χ3v) is 7.25. The van der Waals surface area contributed by atoms with E-state index in [4.69, 9.17) is 4.98 Å². The maximum atomic E-state index is 13.1. The number of carbonyl (C=O) groups is 1. The molecular weight excluding hydrogens is 386 g/mol. The molecule has 6 rings (SSSR count). The third kappa shape index (κ3) is 3.11. The molecule has 3 aliphatic rings. The number of H-pyrrole nitrogens is 1. The van der Waals surface area contributed by atoms with Crippen LogP contribution < -0.4 is 5.56 Å². The van der Waals surface area contributed by atoms with Crippen molar-refractivity contribution in [3.05, 3.63) is 99.2 Å². The van der Waals surface area contributed by atoms with Gasteiger partial charge in [0, 0.05) is 18.9 Å². The van der Waals surface area contributed by atoms with Gasteiger partial charge in [0.15, 0.2) is 0 Å². The number of hydrogen-bond acceptors (Lipinski definition) is 3. The van der Waals surface area contributed by atoms with E-state index in [2.05, 4.69) is 29.2 Å². The highest BCUT2D eigenvalue weighted by molar-refractivity contribution is 5.83. The van der Waals surface area contributed by atoms with E-state index in [9.17, 15) is 9.59 Å². The van der Waals surface area contributed by atoms with Crippen LogP contribution in [0.2, 0.25) is 0 Å². The van der Waals surface area contributed by atoms with E-state index in [0.29, 0.717) is 31.0 Å². The Morgan fingerprint density at radius 1 is 1.03 bits per heavy atom. The summed E-state index contributed by atoms with van der Waals surface area (Å²) in [5.74, 6) is 1.32. The van der Waals surface area contributed by atoms with E-state index in [1.807, 2.05) is 41.3 Å². The molecule has 156 valence electrons. The molecule has 1 N–H and O–H groups in total. The van der Waals surface area contributed by atoms with Crippen molar-refractivity contribution in [2.45, 2.75) is 43.6 Å². The molecule has 5 nitrogen and oxygen atoms in total. The highest BCUT2D eigenvalue weighted by Gasteiger charge is 2.49. The number of carbonyl (C=O) groups excluding carboxylic acids is 1. The van der Waals surface area contributed by atoms with Crippen molar-refractivity contribution in [1.82, 2.24) is 14.9 Å². The van der Waals surface area contributed by atoms with Gasteiger partial charge in [-0.1, -0.05) is 60.7 Å². The highest BCUT2D eigenvalue weighted by Crippen LogP contribution is 2.52. The van der Waals surface area contributed by atoms with Crippen LogP contribution in [-0.4, -0.2) is 27.3 Å². The lowest BCUT2D eigenvalue weighted by atomic mass is 9.94. The molecule has 0 spiro atoms. The molecule has 5 heteroatoms. The quantitative estimate of drug-likeness (QED) is 0.714. The second-order valence-electron chi connectivity index (χ2n) is 9.16. The smallest absolute Gasteiger partial charge is 0.256 e. The van der Waals surface area contributed by atoms with Crippen LogP contribution in [0, 0.1) is 5.92 Å². The van der Waals surface area contributed by atoms with Crippen LogP contribution in [0.25, 0.3) is 0 Å². The molecule has 1 aliphatic heterocycles. The van der Waals surface area contributed by atoms with Gasteiger partial charge < -0.3 is 9.88 Å². The summed E-state index contributed by atoms with van der Waals surface area (Å²) in [7, 11) is 0. The van der Waals surface area contributed by atoms with Crippen molar-refractivity contribution in [3.63, 3.8) is 0 Å². The minimum absolute atomic E-state index is 0.0445. The Labute approximate surface area is 181 Å². The van der Waals surface area contributed by atoms with Crippen molar-refractivity contribution < 1.29 is 4.79 Å². The summed E-state index contributed by atoms with van der Waals surface area (Å²) in [6, 6.07) is 20.6. The van der Waals surface area contributed by atoms with Gasteiger partial charge >= 0.3 is 0 Å². The van der Waals surface area contributed by atoms with E-state index in [0.717, 1.165) is 30.8 Å². The van der Waals surface area contributed by atoms with Gasteiger partial charge in [-0.15, -0.1) is 0 Å². The molecule has 3 aromatic rings. The Kier molecular flexibility index (Phi) is 4.13. The summed E-state index contributed by atoms with van der Waals surface area (Å²) < 4.78 is 0. The van der Waals surface area contributed by atoms with Crippen molar-refractivity contribution in [1.29, 1.82) is 0 Å². The fourth-order valence-corrected chi connectivity index (χ4v) is 5.16. The standard InChI is InChI=1S/C26H25N3O2/c30-23-21-16-29(24(31)20-15-19(20)17-7-3-1-4-8-17)14-11-22(21)27-25(28-23)26(12-13-26)18-9-5-2-6-10-18/h1-10,19-20H,11-16H2,(H,27,28,30)/t19-,20+/m0/s1. The molecule has 2 aromatic carbocycles. The molecule has 31 heavy (non-hydrogen) atoms. The van der Waals surface area contributed by atoms with Gasteiger partial charge in [0.2, 0.25) is 5.91 Å². The monoisotopic (exact) mass is 411 g/mol. The molecule has 2 atom stereocenters. The largest absolute Gasteiger partial charge is 0.337 e. The maximum Gasteiger partial charge on any atom is 0.256 e. The fraction of sp³-hybridized carbons (Fsp3) is 0.346. The van der Waals surface area contributed by atoms with Crippen LogP contribution in [0.1, 0.15) is 53.4 Å². The Balaban J connectivity index is 1.23. The Morgan fingerprint density at radius 3 is 2.45 bits per heavy atom. The van der Waals surface area contributed by atoms with E-state index in [1.165, 1.54) is 11.1 Å². The Bertz CT molecular complexity index is 1200. The normalized spacial score (nSPS) is 23.2. The van der Waals surface area contributed by atoms with E-state index in [1.54, 1.807) is 0 Å². The molecule has 1 amide bonds. The van der Waals surface area contributed by atoms with Crippen LogP contribution in [0.3, 0.4) is 0 Å². The zero-order valence-electron chi connectivity index (χ0n) is 17.4. The van der Waals surface area contributed by atoms with Gasteiger partial charge in [-0.05, 0) is 36.3 Å². The van der Waals surface area contributed by atoms with Crippen molar-refractivity contribution in [2.75, 3.05) is 6.54 Å². The SMILES string of the molecule is O=C([C@@H]1C[C@H]1c1ccccc1)N1CCc2nc(C3(c4ccccc4)CC3)[nH]c(=O)c2C1. The van der Waals surface area contributed by atoms with Gasteiger partial charge in [-0.3, -0.25) is 9.59 Å². The third-order valence-electron chi connectivity index (χ3n) is 7.25. The van der Waals surface area contributed by atoms with Crippen LogP contribution in [-0.2, 0) is 23.2 Å². The fourth-order valence-electron chi connectivity index (χ4n) is 5.16. The van der Waals surface area contributed by atoms with E-state index < -0.39 is 0 Å². The summed E-state index contributed by atoms with van der Waals surface area (Å²) in [6.07, 6.45) is 3.56. The van der Waals surface area contributed by atoms with Gasteiger partial charge in [-0.2, -0.15) is 0 Å². The van der Waals surface area contributed by atoms with Crippen LogP contribution in [0.4, 0.5) is 0 Å². The zero-order valence-corrected chi connectivity index (χ0v) is 17.4. The number of aromatic nitrogens is 2. The summed E-state index contributed by atoms with van der Waals surface area (Å²) in [5.41, 5.74) is 3.73. The molecule has 0 saturated heterocycles. The molecule has 2 aliphatic carbocycles. The molecule has 2 fully saturated rings. The second-order valence-corrected chi connectivity index (χ2v) is 9.16. The first-order valence-electron chi connectivity index (χ1n) is 11.2. The predicted octanol–water partition coefficient (Wildman–Crippen LogP) is 3.54. The summed E-state index contributed by atoms with van der Waals surface area (Å²) in [6.45, 7) is 1.01. The number of nitrogens with zero attached hydrogens (tertiary/aromatic N) is 2. The molecular formula is C26H25N3O2. The lowest BCUT2D eigenvalue weighted by molar-refractivity contribution is -0.133. The minimum atomic E-state index is -0.153. The van der Waals surface area contributed by atoms with Gasteiger partial charge in [0.05, 0.1) is 23.2 Å². The number of fused-ring (bicyclic) bond motifs is 1. The lowest BCUT2D eigenvalue weighted by Gasteiger charge is -2.29. The number of nitrogens with one attached hydrogen (secondary N) is 1. The second kappa shape index (κ2) is 6.91.